The zero-order valence-corrected chi connectivity index (χ0v) is 14.6. The highest BCUT2D eigenvalue weighted by Gasteiger charge is 2.10. The molecule has 0 aromatic heterocycles. The number of nitrogens with zero attached hydrogens (tertiary/aromatic N) is 1. The van der Waals surface area contributed by atoms with E-state index in [1.165, 1.54) is 30.3 Å². The van der Waals surface area contributed by atoms with Crippen molar-refractivity contribution in [3.8, 4) is 0 Å². The van der Waals surface area contributed by atoms with Crippen LogP contribution in [0, 0.1) is 16.0 Å². The van der Waals surface area contributed by atoms with E-state index in [2.05, 4.69) is 13.8 Å². The van der Waals surface area contributed by atoms with E-state index in [0.717, 1.165) is 24.2 Å². The van der Waals surface area contributed by atoms with Crippen molar-refractivity contribution in [2.75, 3.05) is 12.4 Å². The Morgan fingerprint density at radius 1 is 1.30 bits per heavy atom. The summed E-state index contributed by atoms with van der Waals surface area (Å²) >= 11 is 1.50. The fourth-order valence-electron chi connectivity index (χ4n) is 2.10. The van der Waals surface area contributed by atoms with Crippen molar-refractivity contribution in [1.29, 1.82) is 0 Å². The highest BCUT2D eigenvalue weighted by Crippen LogP contribution is 2.22. The van der Waals surface area contributed by atoms with Crippen molar-refractivity contribution in [3.05, 3.63) is 34.4 Å². The number of nitro benzene ring substituents is 1. The monoisotopic (exact) mass is 339 g/mol. The second-order valence-corrected chi connectivity index (χ2v) is 6.62. The molecule has 0 fully saturated rings. The summed E-state index contributed by atoms with van der Waals surface area (Å²) in [5.41, 5.74) is 0.0754. The van der Waals surface area contributed by atoms with Gasteiger partial charge in [0.2, 0.25) is 0 Å². The number of carbonyl (C=O) groups excluding carboxylic acids is 1. The Morgan fingerprint density at radius 3 is 2.57 bits per heavy atom. The fraction of sp³-hybridized carbons (Fsp3) is 0.588. The van der Waals surface area contributed by atoms with Crippen LogP contribution in [0.25, 0.3) is 0 Å². The third kappa shape index (κ3) is 8.02. The third-order valence-electron chi connectivity index (χ3n) is 3.65. The molecule has 0 aliphatic carbocycles. The molecule has 0 radical (unpaired) electrons. The number of nitro groups is 1. The van der Waals surface area contributed by atoms with Gasteiger partial charge in [-0.25, -0.2) is 0 Å². The van der Waals surface area contributed by atoms with Crippen LogP contribution in [0.4, 0.5) is 5.69 Å². The molecule has 128 valence electrons. The molecule has 6 heteroatoms. The molecule has 0 spiro atoms. The summed E-state index contributed by atoms with van der Waals surface area (Å²) in [5, 5.41) is 10.6. The van der Waals surface area contributed by atoms with E-state index in [1.54, 1.807) is 12.1 Å². The van der Waals surface area contributed by atoms with Crippen LogP contribution in [0.1, 0.15) is 46.0 Å². The lowest BCUT2D eigenvalue weighted by atomic mass is 10.0. The van der Waals surface area contributed by atoms with E-state index in [-0.39, 0.29) is 11.7 Å². The largest absolute Gasteiger partial charge is 0.465 e. The minimum absolute atomic E-state index is 0.0754. The molecule has 5 nitrogen and oxygen atoms in total. The van der Waals surface area contributed by atoms with Gasteiger partial charge in [0, 0.05) is 22.8 Å². The number of unbranched alkanes of at least 4 members (excludes halogenated alkanes) is 1. The van der Waals surface area contributed by atoms with Crippen LogP contribution in [0.2, 0.25) is 0 Å². The van der Waals surface area contributed by atoms with E-state index in [4.69, 9.17) is 4.74 Å². The first kappa shape index (κ1) is 19.5. The Morgan fingerprint density at radius 2 is 2.00 bits per heavy atom. The smallest absolute Gasteiger partial charge is 0.306 e. The third-order valence-corrected chi connectivity index (χ3v) is 4.66. The van der Waals surface area contributed by atoms with Gasteiger partial charge in [-0.05, 0) is 24.5 Å². The minimum Gasteiger partial charge on any atom is -0.465 e. The molecule has 1 rings (SSSR count). The normalized spacial score (nSPS) is 11.9. The molecule has 0 bridgehead atoms. The van der Waals surface area contributed by atoms with Crippen LogP contribution >= 0.6 is 11.8 Å². The molecule has 1 unspecified atom stereocenters. The number of carbonyl (C=O) groups is 1. The number of thioether (sulfide) groups is 1. The zero-order valence-electron chi connectivity index (χ0n) is 13.8. The van der Waals surface area contributed by atoms with Gasteiger partial charge in [0.1, 0.15) is 0 Å². The van der Waals surface area contributed by atoms with Gasteiger partial charge in [-0.2, -0.15) is 0 Å². The Bertz CT molecular complexity index is 490. The standard InChI is InChI=1S/C17H25NO4S/c1-3-5-6-14(4-2)13-22-17(19)11-12-23-16-9-7-15(8-10-16)18(20)21/h7-10,14H,3-6,11-13H2,1-2H3. The van der Waals surface area contributed by atoms with Gasteiger partial charge >= 0.3 is 5.97 Å². The summed E-state index contributed by atoms with van der Waals surface area (Å²) in [7, 11) is 0. The summed E-state index contributed by atoms with van der Waals surface area (Å²) in [5.74, 6) is 0.901. The topological polar surface area (TPSA) is 69.4 Å². The van der Waals surface area contributed by atoms with Crippen molar-refractivity contribution < 1.29 is 14.5 Å². The number of hydrogen-bond acceptors (Lipinski definition) is 5. The maximum atomic E-state index is 11.7. The summed E-state index contributed by atoms with van der Waals surface area (Å²) in [6, 6.07) is 6.35. The molecular weight excluding hydrogens is 314 g/mol. The molecule has 0 amide bonds. The molecular formula is C17H25NO4S. The second-order valence-electron chi connectivity index (χ2n) is 5.45. The molecule has 0 heterocycles. The van der Waals surface area contributed by atoms with E-state index >= 15 is 0 Å². The average molecular weight is 339 g/mol. The Labute approximate surface area is 141 Å². The minimum atomic E-state index is -0.422. The first-order valence-electron chi connectivity index (χ1n) is 8.09. The predicted molar refractivity (Wildman–Crippen MR) is 92.7 cm³/mol. The van der Waals surface area contributed by atoms with Crippen molar-refractivity contribution in [3.63, 3.8) is 0 Å². The van der Waals surface area contributed by atoms with E-state index in [9.17, 15) is 14.9 Å². The van der Waals surface area contributed by atoms with Gasteiger partial charge in [0.15, 0.2) is 0 Å². The van der Waals surface area contributed by atoms with Gasteiger partial charge in [-0.15, -0.1) is 11.8 Å². The van der Waals surface area contributed by atoms with Crippen LogP contribution in [0.15, 0.2) is 29.2 Å². The lowest BCUT2D eigenvalue weighted by Crippen LogP contribution is -2.14. The maximum Gasteiger partial charge on any atom is 0.306 e. The number of esters is 1. The molecule has 23 heavy (non-hydrogen) atoms. The predicted octanol–water partition coefficient (Wildman–Crippen LogP) is 4.84. The molecule has 0 N–H and O–H groups in total. The van der Waals surface area contributed by atoms with Gasteiger partial charge in [-0.3, -0.25) is 14.9 Å². The van der Waals surface area contributed by atoms with E-state index in [1.807, 2.05) is 0 Å². The van der Waals surface area contributed by atoms with Crippen LogP contribution < -0.4 is 0 Å². The Hall–Kier alpha value is -1.56. The molecule has 0 saturated heterocycles. The fourth-order valence-corrected chi connectivity index (χ4v) is 2.93. The number of rotatable bonds is 11. The lowest BCUT2D eigenvalue weighted by Gasteiger charge is -2.14. The van der Waals surface area contributed by atoms with Crippen molar-refractivity contribution in [1.82, 2.24) is 0 Å². The van der Waals surface area contributed by atoms with Gasteiger partial charge in [0.05, 0.1) is 18.0 Å². The van der Waals surface area contributed by atoms with Crippen molar-refractivity contribution in [2.24, 2.45) is 5.92 Å². The number of ether oxygens (including phenoxy) is 1. The average Bonchev–Trinajstić information content (AvgIpc) is 2.55. The highest BCUT2D eigenvalue weighted by atomic mass is 32.2. The molecule has 0 aliphatic heterocycles. The highest BCUT2D eigenvalue weighted by molar-refractivity contribution is 7.99. The lowest BCUT2D eigenvalue weighted by molar-refractivity contribution is -0.384. The Kier molecular flexibility index (Phi) is 9.36. The van der Waals surface area contributed by atoms with Gasteiger partial charge in [0.25, 0.3) is 5.69 Å². The Balaban J connectivity index is 2.24. The second kappa shape index (κ2) is 11.0. The van der Waals surface area contributed by atoms with Crippen molar-refractivity contribution in [2.45, 2.75) is 50.8 Å². The van der Waals surface area contributed by atoms with Gasteiger partial charge < -0.3 is 4.74 Å². The molecule has 1 aromatic rings. The van der Waals surface area contributed by atoms with Crippen LogP contribution in [0.3, 0.4) is 0 Å². The number of benzene rings is 1. The molecule has 1 atom stereocenters. The quantitative estimate of drug-likeness (QED) is 0.250. The van der Waals surface area contributed by atoms with E-state index in [0.29, 0.717) is 24.7 Å². The summed E-state index contributed by atoms with van der Waals surface area (Å²) in [6.45, 7) is 4.80. The molecule has 1 aromatic carbocycles. The maximum absolute atomic E-state index is 11.7. The summed E-state index contributed by atoms with van der Waals surface area (Å²) < 4.78 is 5.34. The summed E-state index contributed by atoms with van der Waals surface area (Å²) in [4.78, 5) is 22.8. The number of hydrogen-bond donors (Lipinski definition) is 0. The molecule has 0 saturated carbocycles. The van der Waals surface area contributed by atoms with Crippen LogP contribution in [-0.4, -0.2) is 23.3 Å². The zero-order chi connectivity index (χ0) is 17.1. The summed E-state index contributed by atoms with van der Waals surface area (Å²) in [6.07, 6.45) is 4.83. The van der Waals surface area contributed by atoms with Gasteiger partial charge in [-0.1, -0.05) is 33.1 Å². The van der Waals surface area contributed by atoms with Crippen LogP contribution in [0.5, 0.6) is 0 Å². The SMILES string of the molecule is CCCCC(CC)COC(=O)CCSc1ccc([N+](=O)[O-])cc1. The first-order chi connectivity index (χ1) is 11.1. The number of non-ortho nitro benzene ring substituents is 1. The van der Waals surface area contributed by atoms with Crippen molar-refractivity contribution >= 4 is 23.4 Å². The van der Waals surface area contributed by atoms with E-state index < -0.39 is 4.92 Å². The van der Waals surface area contributed by atoms with Crippen LogP contribution in [-0.2, 0) is 9.53 Å². The first-order valence-corrected chi connectivity index (χ1v) is 9.08. The molecule has 0 aliphatic rings.